The molecule has 0 aliphatic carbocycles. The number of amides is 1. The van der Waals surface area contributed by atoms with Crippen LogP contribution in [0.2, 0.25) is 0 Å². The molecule has 170 valence electrons. The summed E-state index contributed by atoms with van der Waals surface area (Å²) in [7, 11) is 0. The standard InChI is InChI=1S/C23H23N5O4S/c1-5-32-23(31)20-15(4)9-19(33-20)26-18(29)11-27-12-24-21-17(22(27)30)10-25-28(21)16-7-13(2)6-14(3)8-16/h6-10,12H,5,11H2,1-4H3,(H,26,29). The van der Waals surface area contributed by atoms with Crippen molar-refractivity contribution >= 4 is 39.2 Å². The maximum Gasteiger partial charge on any atom is 0.348 e. The second-order valence-corrected chi connectivity index (χ2v) is 8.76. The van der Waals surface area contributed by atoms with Crippen LogP contribution in [0.15, 0.2) is 41.6 Å². The number of benzene rings is 1. The van der Waals surface area contributed by atoms with Gasteiger partial charge >= 0.3 is 5.97 Å². The minimum absolute atomic E-state index is 0.220. The lowest BCUT2D eigenvalue weighted by Gasteiger charge is -2.08. The van der Waals surface area contributed by atoms with Gasteiger partial charge in [-0.25, -0.2) is 14.5 Å². The Labute approximate surface area is 193 Å². The lowest BCUT2D eigenvalue weighted by Crippen LogP contribution is -2.27. The number of thiophene rings is 1. The molecule has 3 heterocycles. The molecular formula is C23H23N5O4S. The van der Waals surface area contributed by atoms with Gasteiger partial charge in [-0.2, -0.15) is 5.10 Å². The number of aryl methyl sites for hydroxylation is 3. The van der Waals surface area contributed by atoms with Gasteiger partial charge in [-0.1, -0.05) is 6.07 Å². The monoisotopic (exact) mass is 465 g/mol. The van der Waals surface area contributed by atoms with Crippen LogP contribution in [0.4, 0.5) is 5.00 Å². The zero-order valence-electron chi connectivity index (χ0n) is 18.7. The topological polar surface area (TPSA) is 108 Å². The first-order valence-corrected chi connectivity index (χ1v) is 11.2. The Kier molecular flexibility index (Phi) is 6.10. The average Bonchev–Trinajstić information content (AvgIpc) is 3.33. The number of ether oxygens (including phenoxy) is 1. The fourth-order valence-corrected chi connectivity index (χ4v) is 4.58. The Balaban J connectivity index is 1.56. The quantitative estimate of drug-likeness (QED) is 0.438. The lowest BCUT2D eigenvalue weighted by molar-refractivity contribution is -0.116. The predicted molar refractivity (Wildman–Crippen MR) is 126 cm³/mol. The Morgan fingerprint density at radius 2 is 1.85 bits per heavy atom. The summed E-state index contributed by atoms with van der Waals surface area (Å²) in [6.07, 6.45) is 2.81. The molecule has 0 aliphatic heterocycles. The zero-order valence-corrected chi connectivity index (χ0v) is 19.5. The first-order chi connectivity index (χ1) is 15.8. The number of rotatable bonds is 6. The number of nitrogens with one attached hydrogen (secondary N) is 1. The van der Waals surface area contributed by atoms with E-state index >= 15 is 0 Å². The van der Waals surface area contributed by atoms with E-state index in [9.17, 15) is 14.4 Å². The summed E-state index contributed by atoms with van der Waals surface area (Å²) in [6, 6.07) is 7.69. The fraction of sp³-hybridized carbons (Fsp3) is 0.261. The molecule has 0 saturated carbocycles. The third kappa shape index (κ3) is 4.56. The minimum Gasteiger partial charge on any atom is -0.462 e. The fourth-order valence-electron chi connectivity index (χ4n) is 3.60. The number of hydrogen-bond acceptors (Lipinski definition) is 7. The normalized spacial score (nSPS) is 11.0. The van der Waals surface area contributed by atoms with Crippen LogP contribution in [-0.4, -0.2) is 37.8 Å². The second-order valence-electron chi connectivity index (χ2n) is 7.71. The van der Waals surface area contributed by atoms with E-state index in [1.165, 1.54) is 17.1 Å². The Morgan fingerprint density at radius 3 is 2.55 bits per heavy atom. The highest BCUT2D eigenvalue weighted by molar-refractivity contribution is 7.18. The molecule has 33 heavy (non-hydrogen) atoms. The number of carbonyl (C=O) groups is 2. The summed E-state index contributed by atoms with van der Waals surface area (Å²) in [4.78, 5) is 42.3. The van der Waals surface area contributed by atoms with Crippen molar-refractivity contribution in [2.24, 2.45) is 0 Å². The van der Waals surface area contributed by atoms with E-state index in [1.807, 2.05) is 26.0 Å². The van der Waals surface area contributed by atoms with Gasteiger partial charge in [0, 0.05) is 0 Å². The van der Waals surface area contributed by atoms with Crippen molar-refractivity contribution in [2.75, 3.05) is 11.9 Å². The van der Waals surface area contributed by atoms with Crippen molar-refractivity contribution in [3.05, 3.63) is 68.7 Å². The van der Waals surface area contributed by atoms with E-state index in [1.54, 1.807) is 24.6 Å². The van der Waals surface area contributed by atoms with Gasteiger partial charge in [0.25, 0.3) is 5.56 Å². The third-order valence-electron chi connectivity index (χ3n) is 4.96. The highest BCUT2D eigenvalue weighted by atomic mass is 32.1. The highest BCUT2D eigenvalue weighted by Crippen LogP contribution is 2.27. The first-order valence-electron chi connectivity index (χ1n) is 10.4. The molecule has 0 atom stereocenters. The third-order valence-corrected chi connectivity index (χ3v) is 6.09. The predicted octanol–water partition coefficient (Wildman–Crippen LogP) is 3.38. The maximum absolute atomic E-state index is 12.9. The van der Waals surface area contributed by atoms with Crippen LogP contribution < -0.4 is 10.9 Å². The van der Waals surface area contributed by atoms with Crippen LogP contribution in [0, 0.1) is 20.8 Å². The number of aromatic nitrogens is 4. The van der Waals surface area contributed by atoms with Crippen molar-refractivity contribution in [1.29, 1.82) is 0 Å². The molecule has 0 unspecified atom stereocenters. The number of hydrogen-bond donors (Lipinski definition) is 1. The van der Waals surface area contributed by atoms with Crippen molar-refractivity contribution in [3.63, 3.8) is 0 Å². The second kappa shape index (κ2) is 8.99. The zero-order chi connectivity index (χ0) is 23.7. The number of carbonyl (C=O) groups excluding carboxylic acids is 2. The van der Waals surface area contributed by atoms with E-state index in [4.69, 9.17) is 4.74 Å². The van der Waals surface area contributed by atoms with Gasteiger partial charge in [-0.3, -0.25) is 14.2 Å². The largest absolute Gasteiger partial charge is 0.462 e. The van der Waals surface area contributed by atoms with E-state index in [-0.39, 0.29) is 18.7 Å². The number of nitrogens with zero attached hydrogens (tertiary/aromatic N) is 4. The van der Waals surface area contributed by atoms with E-state index in [0.717, 1.165) is 28.2 Å². The molecule has 4 aromatic rings. The molecule has 1 aromatic carbocycles. The van der Waals surface area contributed by atoms with Gasteiger partial charge in [-0.15, -0.1) is 11.3 Å². The molecule has 0 spiro atoms. The number of anilines is 1. The molecule has 10 heteroatoms. The van der Waals surface area contributed by atoms with Gasteiger partial charge in [0.1, 0.15) is 23.1 Å². The molecular weight excluding hydrogens is 442 g/mol. The van der Waals surface area contributed by atoms with Gasteiger partial charge in [0.05, 0.1) is 23.5 Å². The van der Waals surface area contributed by atoms with Gasteiger partial charge < -0.3 is 10.1 Å². The van der Waals surface area contributed by atoms with Crippen molar-refractivity contribution in [2.45, 2.75) is 34.2 Å². The first kappa shape index (κ1) is 22.4. The van der Waals surface area contributed by atoms with Crippen LogP contribution in [0.5, 0.6) is 0 Å². The van der Waals surface area contributed by atoms with E-state index < -0.39 is 11.9 Å². The lowest BCUT2D eigenvalue weighted by atomic mass is 10.1. The van der Waals surface area contributed by atoms with Crippen LogP contribution in [0.25, 0.3) is 16.7 Å². The minimum atomic E-state index is -0.424. The summed E-state index contributed by atoms with van der Waals surface area (Å²) in [6.45, 7) is 7.54. The molecule has 0 radical (unpaired) electrons. The maximum atomic E-state index is 12.9. The van der Waals surface area contributed by atoms with Crippen LogP contribution >= 0.6 is 11.3 Å². The van der Waals surface area contributed by atoms with Gasteiger partial charge in [0.2, 0.25) is 5.91 Å². The number of fused-ring (bicyclic) bond motifs is 1. The molecule has 3 aromatic heterocycles. The van der Waals surface area contributed by atoms with Crippen LogP contribution in [0.3, 0.4) is 0 Å². The summed E-state index contributed by atoms with van der Waals surface area (Å²) in [5, 5.41) is 7.89. The van der Waals surface area contributed by atoms with Crippen LogP contribution in [0.1, 0.15) is 33.3 Å². The number of esters is 1. The van der Waals surface area contributed by atoms with Crippen molar-refractivity contribution in [1.82, 2.24) is 19.3 Å². The van der Waals surface area contributed by atoms with Gasteiger partial charge in [-0.05, 0) is 62.6 Å². The smallest absolute Gasteiger partial charge is 0.348 e. The molecule has 9 nitrogen and oxygen atoms in total. The molecule has 0 bridgehead atoms. The van der Waals surface area contributed by atoms with Crippen molar-refractivity contribution in [3.8, 4) is 5.69 Å². The SMILES string of the molecule is CCOC(=O)c1sc(NC(=O)Cn2cnc3c(cnn3-c3cc(C)cc(C)c3)c2=O)cc1C. The molecule has 1 amide bonds. The molecule has 0 fully saturated rings. The highest BCUT2D eigenvalue weighted by Gasteiger charge is 2.17. The Hall–Kier alpha value is -3.79. The van der Waals surface area contributed by atoms with E-state index in [2.05, 4.69) is 21.5 Å². The summed E-state index contributed by atoms with van der Waals surface area (Å²) in [5.74, 6) is -0.830. The Bertz CT molecular complexity index is 1410. The summed E-state index contributed by atoms with van der Waals surface area (Å²) < 4.78 is 7.87. The molecule has 0 saturated heterocycles. The molecule has 4 rings (SSSR count). The van der Waals surface area contributed by atoms with Crippen molar-refractivity contribution < 1.29 is 14.3 Å². The summed E-state index contributed by atoms with van der Waals surface area (Å²) in [5.41, 5.74) is 3.75. The van der Waals surface area contributed by atoms with Crippen LogP contribution in [-0.2, 0) is 16.1 Å². The summed E-state index contributed by atoms with van der Waals surface area (Å²) >= 11 is 1.13. The van der Waals surface area contributed by atoms with E-state index in [0.29, 0.717) is 26.5 Å². The average molecular weight is 466 g/mol. The van der Waals surface area contributed by atoms with Gasteiger partial charge in [0.15, 0.2) is 5.65 Å². The molecule has 0 aliphatic rings. The Morgan fingerprint density at radius 1 is 1.12 bits per heavy atom. The molecule has 1 N–H and O–H groups in total.